The number of carbonyl (C=O) groups is 2. The van der Waals surface area contributed by atoms with E-state index in [-0.39, 0.29) is 30.0 Å². The molecule has 190 valence electrons. The van der Waals surface area contributed by atoms with Crippen LogP contribution < -0.4 is 0 Å². The molecule has 1 aliphatic carbocycles. The minimum Gasteiger partial charge on any atom is -0.448 e. The lowest BCUT2D eigenvalue weighted by Gasteiger charge is -2.37. The fraction of sp³-hybridized carbons (Fsp3) is 0.394. The topological polar surface area (TPSA) is 46.6 Å². The van der Waals surface area contributed by atoms with Crippen LogP contribution in [0.1, 0.15) is 73.6 Å². The highest BCUT2D eigenvalue weighted by molar-refractivity contribution is 5.84. The summed E-state index contributed by atoms with van der Waals surface area (Å²) in [5, 5.41) is 0. The Morgan fingerprint density at radius 1 is 0.838 bits per heavy atom. The molecule has 6 rings (SSSR count). The van der Waals surface area contributed by atoms with Crippen molar-refractivity contribution in [1.82, 2.24) is 4.90 Å². The van der Waals surface area contributed by atoms with Crippen LogP contribution in [0.3, 0.4) is 0 Å². The summed E-state index contributed by atoms with van der Waals surface area (Å²) in [5.74, 6) is 0.888. The molecule has 2 atom stereocenters. The Morgan fingerprint density at radius 3 is 1.97 bits per heavy atom. The lowest BCUT2D eigenvalue weighted by atomic mass is 9.85. The van der Waals surface area contributed by atoms with Crippen molar-refractivity contribution in [2.75, 3.05) is 6.61 Å². The van der Waals surface area contributed by atoms with Crippen LogP contribution in [0.4, 0.5) is 4.79 Å². The number of Topliss-reactive ketones (excluding diaryl/α,β-unsaturated/α-hetero) is 1. The molecule has 3 aromatic rings. The van der Waals surface area contributed by atoms with Gasteiger partial charge in [0.1, 0.15) is 12.4 Å². The number of nitrogens with zero attached hydrogens (tertiary/aromatic N) is 1. The van der Waals surface area contributed by atoms with Gasteiger partial charge in [-0.3, -0.25) is 4.79 Å². The van der Waals surface area contributed by atoms with Crippen LogP contribution in [-0.4, -0.2) is 35.5 Å². The first-order chi connectivity index (χ1) is 18.0. The van der Waals surface area contributed by atoms with Gasteiger partial charge in [-0.15, -0.1) is 0 Å². The normalized spacial score (nSPS) is 22.1. The Labute approximate surface area is 219 Å². The van der Waals surface area contributed by atoms with Crippen molar-refractivity contribution in [3.05, 3.63) is 95.1 Å². The molecule has 0 radical (unpaired) electrons. The van der Waals surface area contributed by atoms with E-state index in [1.807, 2.05) is 4.90 Å². The Kier molecular flexibility index (Phi) is 6.36. The number of hydrogen-bond donors (Lipinski definition) is 0. The van der Waals surface area contributed by atoms with Crippen molar-refractivity contribution in [2.45, 2.75) is 69.9 Å². The van der Waals surface area contributed by atoms with Gasteiger partial charge in [-0.05, 0) is 65.0 Å². The van der Waals surface area contributed by atoms with Gasteiger partial charge in [0.2, 0.25) is 0 Å². The summed E-state index contributed by atoms with van der Waals surface area (Å²) in [4.78, 5) is 28.4. The third-order valence-electron chi connectivity index (χ3n) is 8.76. The molecule has 3 aliphatic rings. The Balaban J connectivity index is 1.09. The molecule has 2 saturated heterocycles. The molecule has 2 unspecified atom stereocenters. The first-order valence-electron chi connectivity index (χ1n) is 13.7. The predicted octanol–water partition coefficient (Wildman–Crippen LogP) is 7.11. The van der Waals surface area contributed by atoms with Crippen LogP contribution in [0.15, 0.2) is 72.8 Å². The molecule has 3 aromatic carbocycles. The molecule has 2 fully saturated rings. The molecule has 0 saturated carbocycles. The summed E-state index contributed by atoms with van der Waals surface area (Å²) in [6, 6.07) is 25.5. The first kappa shape index (κ1) is 24.0. The van der Waals surface area contributed by atoms with Crippen molar-refractivity contribution < 1.29 is 14.3 Å². The van der Waals surface area contributed by atoms with Crippen LogP contribution in [0.25, 0.3) is 11.1 Å². The van der Waals surface area contributed by atoms with E-state index in [1.165, 1.54) is 27.8 Å². The van der Waals surface area contributed by atoms with Crippen LogP contribution in [0.2, 0.25) is 0 Å². The number of piperidine rings is 1. The molecule has 2 aliphatic heterocycles. The van der Waals surface area contributed by atoms with E-state index < -0.39 is 0 Å². The standard InChI is InChI=1S/C33H35NO3/c1-21(2)23-13-11-22(12-14-23)17-32(35)24-18-25-15-16-26(19-24)34(25)33(36)37-20-31-29-9-5-3-7-27(29)28-8-4-6-10-30(28)31/h3-14,21,24-26,31H,15-20H2,1-2H3. The van der Waals surface area contributed by atoms with E-state index in [9.17, 15) is 9.59 Å². The van der Waals surface area contributed by atoms with Crippen LogP contribution in [-0.2, 0) is 16.0 Å². The third-order valence-corrected chi connectivity index (χ3v) is 8.76. The SMILES string of the molecule is CC(C)c1ccc(CC(=O)C2CC3CCC(C2)N3C(=O)OCC2c3ccccc3-c3ccccc32)cc1. The zero-order valence-corrected chi connectivity index (χ0v) is 21.7. The zero-order valence-electron chi connectivity index (χ0n) is 21.7. The van der Waals surface area contributed by atoms with Gasteiger partial charge in [-0.2, -0.15) is 0 Å². The van der Waals surface area contributed by atoms with Gasteiger partial charge in [0.15, 0.2) is 0 Å². The smallest absolute Gasteiger partial charge is 0.410 e. The van der Waals surface area contributed by atoms with Gasteiger partial charge in [0.05, 0.1) is 0 Å². The zero-order chi connectivity index (χ0) is 25.5. The first-order valence-corrected chi connectivity index (χ1v) is 13.7. The van der Waals surface area contributed by atoms with Gasteiger partial charge < -0.3 is 9.64 Å². The van der Waals surface area contributed by atoms with E-state index in [2.05, 4.69) is 86.6 Å². The van der Waals surface area contributed by atoms with Crippen molar-refractivity contribution in [3.8, 4) is 11.1 Å². The van der Waals surface area contributed by atoms with Gasteiger partial charge >= 0.3 is 6.09 Å². The van der Waals surface area contributed by atoms with Crippen molar-refractivity contribution >= 4 is 11.9 Å². The molecule has 37 heavy (non-hydrogen) atoms. The minimum absolute atomic E-state index is 0.0277. The molecule has 0 spiro atoms. The molecule has 0 aromatic heterocycles. The monoisotopic (exact) mass is 493 g/mol. The predicted molar refractivity (Wildman–Crippen MR) is 146 cm³/mol. The average molecular weight is 494 g/mol. The van der Waals surface area contributed by atoms with E-state index >= 15 is 0 Å². The maximum absolute atomic E-state index is 13.3. The van der Waals surface area contributed by atoms with Crippen molar-refractivity contribution in [1.29, 1.82) is 0 Å². The number of fused-ring (bicyclic) bond motifs is 5. The Morgan fingerprint density at radius 2 is 1.41 bits per heavy atom. The maximum Gasteiger partial charge on any atom is 0.410 e. The molecule has 0 N–H and O–H groups in total. The molecular weight excluding hydrogens is 458 g/mol. The molecule has 1 amide bonds. The summed E-state index contributed by atoms with van der Waals surface area (Å²) < 4.78 is 5.98. The largest absolute Gasteiger partial charge is 0.448 e. The van der Waals surface area contributed by atoms with Gasteiger partial charge in [0, 0.05) is 30.3 Å². The number of hydrogen-bond acceptors (Lipinski definition) is 3. The van der Waals surface area contributed by atoms with Crippen LogP contribution in [0, 0.1) is 5.92 Å². The number of benzene rings is 3. The summed E-state index contributed by atoms with van der Waals surface area (Å²) >= 11 is 0. The highest BCUT2D eigenvalue weighted by Gasteiger charge is 2.46. The maximum atomic E-state index is 13.3. The summed E-state index contributed by atoms with van der Waals surface area (Å²) in [7, 11) is 0. The van der Waals surface area contributed by atoms with Gasteiger partial charge in [-0.1, -0.05) is 86.6 Å². The number of amides is 1. The van der Waals surface area contributed by atoms with Crippen molar-refractivity contribution in [2.24, 2.45) is 5.92 Å². The number of ketones is 1. The number of ether oxygens (including phenoxy) is 1. The summed E-state index contributed by atoms with van der Waals surface area (Å²) in [6.07, 6.45) is 3.69. The molecule has 4 heteroatoms. The van der Waals surface area contributed by atoms with E-state index in [0.29, 0.717) is 24.7 Å². The summed E-state index contributed by atoms with van der Waals surface area (Å²) in [5.41, 5.74) is 7.30. The van der Waals surface area contributed by atoms with E-state index in [4.69, 9.17) is 4.74 Å². The van der Waals surface area contributed by atoms with Crippen molar-refractivity contribution in [3.63, 3.8) is 0 Å². The highest BCUT2D eigenvalue weighted by Crippen LogP contribution is 2.45. The van der Waals surface area contributed by atoms with Crippen LogP contribution in [0.5, 0.6) is 0 Å². The second-order valence-electron chi connectivity index (χ2n) is 11.3. The van der Waals surface area contributed by atoms with Crippen LogP contribution >= 0.6 is 0 Å². The lowest BCUT2D eigenvalue weighted by molar-refractivity contribution is -0.124. The quantitative estimate of drug-likeness (QED) is 0.367. The lowest BCUT2D eigenvalue weighted by Crippen LogP contribution is -2.48. The van der Waals surface area contributed by atoms with Gasteiger partial charge in [-0.25, -0.2) is 4.79 Å². The minimum atomic E-state index is -0.218. The Hall–Kier alpha value is -3.40. The second-order valence-corrected chi connectivity index (χ2v) is 11.3. The Bertz CT molecular complexity index is 1250. The fourth-order valence-corrected chi connectivity index (χ4v) is 6.77. The third kappa shape index (κ3) is 4.47. The number of carbonyl (C=O) groups excluding carboxylic acids is 2. The average Bonchev–Trinajstić information content (AvgIpc) is 3.38. The molecular formula is C33H35NO3. The number of rotatable bonds is 6. The molecule has 4 nitrogen and oxygen atoms in total. The van der Waals surface area contributed by atoms with Gasteiger partial charge in [0.25, 0.3) is 0 Å². The fourth-order valence-electron chi connectivity index (χ4n) is 6.77. The summed E-state index contributed by atoms with van der Waals surface area (Å²) in [6.45, 7) is 4.71. The highest BCUT2D eigenvalue weighted by atomic mass is 16.6. The van der Waals surface area contributed by atoms with E-state index in [1.54, 1.807) is 0 Å². The second kappa shape index (κ2) is 9.81. The molecule has 2 bridgehead atoms. The molecule has 2 heterocycles. The van der Waals surface area contributed by atoms with E-state index in [0.717, 1.165) is 31.2 Å².